The molecule has 1 fully saturated rings. The second kappa shape index (κ2) is 10.2. The average molecular weight is 497 g/mol. The molecule has 1 N–H and O–H groups in total. The number of aromatic nitrogens is 2. The maximum Gasteiger partial charge on any atom is 0.416 e. The van der Waals surface area contributed by atoms with Crippen LogP contribution < -0.4 is 21.3 Å². The van der Waals surface area contributed by atoms with Crippen LogP contribution in [-0.4, -0.2) is 41.7 Å². The molecule has 6 nitrogen and oxygen atoms in total. The van der Waals surface area contributed by atoms with E-state index >= 15 is 0 Å². The minimum Gasteiger partial charge on any atom is -0.485 e. The third-order valence-corrected chi connectivity index (χ3v) is 6.08. The predicted molar refractivity (Wildman–Crippen MR) is 121 cm³/mol. The maximum atomic E-state index is 13.5. The van der Waals surface area contributed by atoms with Gasteiger partial charge in [0.1, 0.15) is 19.1 Å². The first kappa shape index (κ1) is 24.9. The monoisotopic (exact) mass is 497 g/mol. The van der Waals surface area contributed by atoms with Crippen molar-refractivity contribution in [2.45, 2.75) is 37.7 Å². The summed E-state index contributed by atoms with van der Waals surface area (Å²) in [6, 6.07) is 8.35. The van der Waals surface area contributed by atoms with Gasteiger partial charge in [0.15, 0.2) is 6.10 Å². The average Bonchev–Trinajstić information content (AvgIpc) is 2.86. The van der Waals surface area contributed by atoms with Gasteiger partial charge in [-0.05, 0) is 61.8 Å². The van der Waals surface area contributed by atoms with Crippen molar-refractivity contribution in [3.8, 4) is 5.75 Å². The van der Waals surface area contributed by atoms with Gasteiger partial charge in [0.25, 0.3) is 5.56 Å². The van der Waals surface area contributed by atoms with Crippen LogP contribution in [0.1, 0.15) is 30.0 Å². The molecule has 0 radical (unpaired) electrons. The SMILES string of the molecule is O=c1c2cc(OC(CF)CF)ccc2n(C2CCNCC2)c(=O)n1Cc1ccc(C(F)(F)F)cc1. The third-order valence-electron chi connectivity index (χ3n) is 6.08. The van der Waals surface area contributed by atoms with E-state index in [1.165, 1.54) is 34.9 Å². The summed E-state index contributed by atoms with van der Waals surface area (Å²) in [6.45, 7) is -0.999. The molecule has 0 unspecified atom stereocenters. The number of hydrogen-bond donors (Lipinski definition) is 1. The fourth-order valence-electron chi connectivity index (χ4n) is 4.27. The molecule has 188 valence electrons. The molecule has 1 aliphatic rings. The number of fused-ring (bicyclic) bond motifs is 1. The molecule has 1 aliphatic heterocycles. The van der Waals surface area contributed by atoms with Crippen molar-refractivity contribution in [2.75, 3.05) is 26.4 Å². The van der Waals surface area contributed by atoms with Crippen LogP contribution in [0.3, 0.4) is 0 Å². The van der Waals surface area contributed by atoms with Gasteiger partial charge in [0, 0.05) is 6.04 Å². The van der Waals surface area contributed by atoms with Crippen LogP contribution >= 0.6 is 0 Å². The van der Waals surface area contributed by atoms with Gasteiger partial charge in [-0.25, -0.2) is 13.6 Å². The van der Waals surface area contributed by atoms with Gasteiger partial charge in [-0.15, -0.1) is 0 Å². The van der Waals surface area contributed by atoms with E-state index in [0.717, 1.165) is 16.7 Å². The molecule has 2 aromatic carbocycles. The second-order valence-corrected chi connectivity index (χ2v) is 8.45. The van der Waals surface area contributed by atoms with Gasteiger partial charge in [0.2, 0.25) is 0 Å². The Hall–Kier alpha value is -3.21. The van der Waals surface area contributed by atoms with Crippen molar-refractivity contribution >= 4 is 10.9 Å². The Balaban J connectivity index is 1.83. The summed E-state index contributed by atoms with van der Waals surface area (Å²) in [4.78, 5) is 26.8. The lowest BCUT2D eigenvalue weighted by molar-refractivity contribution is -0.137. The third kappa shape index (κ3) is 5.24. The minimum atomic E-state index is -4.51. The fraction of sp³-hybridized carbons (Fsp3) is 0.417. The summed E-state index contributed by atoms with van der Waals surface area (Å²) in [5, 5.41) is 3.33. The van der Waals surface area contributed by atoms with Crippen molar-refractivity contribution in [3.05, 3.63) is 74.4 Å². The second-order valence-electron chi connectivity index (χ2n) is 8.45. The van der Waals surface area contributed by atoms with Gasteiger partial charge < -0.3 is 10.1 Å². The number of benzene rings is 2. The van der Waals surface area contributed by atoms with Gasteiger partial charge >= 0.3 is 11.9 Å². The molecule has 35 heavy (non-hydrogen) atoms. The highest BCUT2D eigenvalue weighted by atomic mass is 19.4. The van der Waals surface area contributed by atoms with Crippen molar-refractivity contribution < 1.29 is 26.7 Å². The van der Waals surface area contributed by atoms with E-state index in [0.29, 0.717) is 37.0 Å². The van der Waals surface area contributed by atoms with Gasteiger partial charge in [-0.3, -0.25) is 13.9 Å². The molecular formula is C24H24F5N3O3. The molecule has 0 saturated carbocycles. The molecule has 4 rings (SSSR count). The number of hydrogen-bond acceptors (Lipinski definition) is 4. The van der Waals surface area contributed by atoms with Crippen molar-refractivity contribution in [2.24, 2.45) is 0 Å². The molecule has 0 aliphatic carbocycles. The Labute approximate surface area is 196 Å². The zero-order valence-electron chi connectivity index (χ0n) is 18.7. The number of ether oxygens (including phenoxy) is 1. The molecule has 0 amide bonds. The summed E-state index contributed by atoms with van der Waals surface area (Å²) in [5.41, 5.74) is -1.38. The highest BCUT2D eigenvalue weighted by Gasteiger charge is 2.30. The van der Waals surface area contributed by atoms with Gasteiger partial charge in [0.05, 0.1) is 23.0 Å². The minimum absolute atomic E-state index is 0.0755. The lowest BCUT2D eigenvalue weighted by atomic mass is 10.1. The Morgan fingerprint density at radius 2 is 1.66 bits per heavy atom. The highest BCUT2D eigenvalue weighted by molar-refractivity contribution is 5.80. The molecule has 11 heteroatoms. The predicted octanol–water partition coefficient (Wildman–Crippen LogP) is 3.84. The van der Waals surface area contributed by atoms with Gasteiger partial charge in [-0.1, -0.05) is 12.1 Å². The Bertz CT molecular complexity index is 1290. The van der Waals surface area contributed by atoms with E-state index in [4.69, 9.17) is 4.74 Å². The summed E-state index contributed by atoms with van der Waals surface area (Å²) in [7, 11) is 0. The number of nitrogens with zero attached hydrogens (tertiary/aromatic N) is 2. The van der Waals surface area contributed by atoms with Crippen molar-refractivity contribution in [3.63, 3.8) is 0 Å². The topological polar surface area (TPSA) is 65.3 Å². The van der Waals surface area contributed by atoms with Crippen molar-refractivity contribution in [1.29, 1.82) is 0 Å². The number of rotatable bonds is 7. The molecule has 1 aromatic heterocycles. The van der Waals surface area contributed by atoms with Crippen LogP contribution in [0.4, 0.5) is 22.0 Å². The zero-order valence-corrected chi connectivity index (χ0v) is 18.7. The van der Waals surface area contributed by atoms with E-state index in [1.807, 2.05) is 0 Å². The van der Waals surface area contributed by atoms with E-state index < -0.39 is 42.4 Å². The largest absolute Gasteiger partial charge is 0.485 e. The number of piperidine rings is 1. The normalized spacial score (nSPS) is 15.1. The molecule has 3 aromatic rings. The molecule has 2 heterocycles. The first-order valence-corrected chi connectivity index (χ1v) is 11.2. The molecule has 0 spiro atoms. The Morgan fingerprint density at radius 3 is 2.26 bits per heavy atom. The number of alkyl halides is 5. The lowest BCUT2D eigenvalue weighted by Crippen LogP contribution is -2.43. The van der Waals surface area contributed by atoms with E-state index in [2.05, 4.69) is 5.32 Å². The van der Waals surface area contributed by atoms with E-state index in [-0.39, 0.29) is 23.7 Å². The van der Waals surface area contributed by atoms with Gasteiger partial charge in [-0.2, -0.15) is 13.2 Å². The number of halogens is 5. The summed E-state index contributed by atoms with van der Waals surface area (Å²) >= 11 is 0. The Morgan fingerprint density at radius 1 is 1.00 bits per heavy atom. The zero-order chi connectivity index (χ0) is 25.2. The molecular weight excluding hydrogens is 473 g/mol. The number of nitrogens with one attached hydrogen (secondary N) is 1. The summed E-state index contributed by atoms with van der Waals surface area (Å²) < 4.78 is 72.4. The van der Waals surface area contributed by atoms with Crippen LogP contribution in [0.5, 0.6) is 5.75 Å². The smallest absolute Gasteiger partial charge is 0.416 e. The molecule has 0 bridgehead atoms. The quantitative estimate of drug-likeness (QED) is 0.504. The Kier molecular flexibility index (Phi) is 7.25. The first-order chi connectivity index (χ1) is 16.7. The van der Waals surface area contributed by atoms with Crippen LogP contribution in [0.15, 0.2) is 52.1 Å². The van der Waals surface area contributed by atoms with Crippen LogP contribution in [0.2, 0.25) is 0 Å². The highest BCUT2D eigenvalue weighted by Crippen LogP contribution is 2.29. The standard InChI is InChI=1S/C24H24F5N3O3/c25-12-19(13-26)35-18-5-6-21-20(11-18)22(33)31(23(34)32(21)17-7-9-30-10-8-17)14-15-1-3-16(4-2-15)24(27,28)29/h1-6,11,17,19,30H,7-10,12-14H2. The van der Waals surface area contributed by atoms with E-state index in [1.54, 1.807) is 0 Å². The maximum absolute atomic E-state index is 13.5. The van der Waals surface area contributed by atoms with E-state index in [9.17, 15) is 31.5 Å². The van der Waals surface area contributed by atoms with Crippen LogP contribution in [-0.2, 0) is 12.7 Å². The van der Waals surface area contributed by atoms with Crippen LogP contribution in [0, 0.1) is 0 Å². The summed E-state index contributed by atoms with van der Waals surface area (Å²) in [6.07, 6.45) is -4.56. The fourth-order valence-corrected chi connectivity index (χ4v) is 4.27. The van der Waals surface area contributed by atoms with Crippen LogP contribution in [0.25, 0.3) is 10.9 Å². The molecule has 0 atom stereocenters. The van der Waals surface area contributed by atoms with Crippen molar-refractivity contribution in [1.82, 2.24) is 14.5 Å². The first-order valence-electron chi connectivity index (χ1n) is 11.2. The molecule has 1 saturated heterocycles. The lowest BCUT2D eigenvalue weighted by Gasteiger charge is -2.27. The summed E-state index contributed by atoms with van der Waals surface area (Å²) in [5.74, 6) is 0.0755.